The van der Waals surface area contributed by atoms with E-state index in [9.17, 15) is 9.59 Å². The van der Waals surface area contributed by atoms with E-state index in [2.05, 4.69) is 9.88 Å². The molecule has 5 rings (SSSR count). The molecule has 1 amide bonds. The number of piperazine rings is 1. The molecule has 0 N–H and O–H groups in total. The highest BCUT2D eigenvalue weighted by Crippen LogP contribution is 2.27. The van der Waals surface area contributed by atoms with Crippen LogP contribution in [-0.4, -0.2) is 53.7 Å². The fraction of sp³-hybridized carbons (Fsp3) is 0.179. The molecule has 7 heteroatoms. The largest absolute Gasteiger partial charge is 0.415 e. The van der Waals surface area contributed by atoms with Gasteiger partial charge in [0.25, 0.3) is 0 Å². The minimum Gasteiger partial charge on any atom is -0.410 e. The summed E-state index contributed by atoms with van der Waals surface area (Å²) >= 11 is 1.54. The van der Waals surface area contributed by atoms with Gasteiger partial charge in [-0.1, -0.05) is 36.4 Å². The second-order valence-corrected chi connectivity index (χ2v) is 9.26. The zero-order chi connectivity index (χ0) is 24.0. The summed E-state index contributed by atoms with van der Waals surface area (Å²) in [5.41, 5.74) is 2.68. The van der Waals surface area contributed by atoms with Crippen molar-refractivity contribution in [2.45, 2.75) is 4.90 Å². The van der Waals surface area contributed by atoms with Crippen LogP contribution in [0.4, 0.5) is 10.5 Å². The summed E-state index contributed by atoms with van der Waals surface area (Å²) in [6, 6.07) is 26.8. The quantitative estimate of drug-likeness (QED) is 0.265. The number of nitrogens with zero attached hydrogens (tertiary/aromatic N) is 3. The molecule has 0 spiro atoms. The number of carbonyl (C=O) groups is 2. The van der Waals surface area contributed by atoms with Crippen molar-refractivity contribution in [2.24, 2.45) is 0 Å². The monoisotopic (exact) mass is 483 g/mol. The predicted molar refractivity (Wildman–Crippen MR) is 139 cm³/mol. The molecule has 176 valence electrons. The molecule has 0 saturated carbocycles. The molecule has 1 aliphatic heterocycles. The highest BCUT2D eigenvalue weighted by atomic mass is 32.2. The van der Waals surface area contributed by atoms with Crippen LogP contribution in [0.1, 0.15) is 10.4 Å². The summed E-state index contributed by atoms with van der Waals surface area (Å²) in [5.74, 6) is 1.02. The molecule has 4 aromatic rings. The number of fused-ring (bicyclic) bond motifs is 1. The van der Waals surface area contributed by atoms with Crippen molar-refractivity contribution in [3.63, 3.8) is 0 Å². The lowest BCUT2D eigenvalue weighted by Crippen LogP contribution is -2.49. The number of amides is 1. The average molecular weight is 484 g/mol. The predicted octanol–water partition coefficient (Wildman–Crippen LogP) is 5.53. The average Bonchev–Trinajstić information content (AvgIpc) is 2.92. The Morgan fingerprint density at radius 3 is 2.31 bits per heavy atom. The molecule has 35 heavy (non-hydrogen) atoms. The number of hydrogen-bond acceptors (Lipinski definition) is 6. The number of pyridine rings is 1. The molecule has 1 aromatic heterocycles. The summed E-state index contributed by atoms with van der Waals surface area (Å²) in [4.78, 5) is 34.6. The third-order valence-corrected chi connectivity index (χ3v) is 7.08. The summed E-state index contributed by atoms with van der Waals surface area (Å²) < 4.78 is 5.44. The Labute approximate surface area is 208 Å². The van der Waals surface area contributed by atoms with Gasteiger partial charge in [-0.2, -0.15) is 0 Å². The van der Waals surface area contributed by atoms with Crippen molar-refractivity contribution < 1.29 is 14.3 Å². The molecule has 3 aromatic carbocycles. The van der Waals surface area contributed by atoms with E-state index in [1.54, 1.807) is 23.2 Å². The molecular weight excluding hydrogens is 458 g/mol. The van der Waals surface area contributed by atoms with Gasteiger partial charge >= 0.3 is 6.09 Å². The molecule has 0 aliphatic carbocycles. The standard InChI is InChI=1S/C28H25N3O3S/c32-26(20-35-27-14-15-29-25-9-5-4-8-24(25)27)21-10-12-22(13-11-21)30-16-18-31(19-17-30)28(33)34-23-6-2-1-3-7-23/h1-15H,16-20H2. The van der Waals surface area contributed by atoms with Crippen molar-refractivity contribution in [1.82, 2.24) is 9.88 Å². The van der Waals surface area contributed by atoms with Crippen LogP contribution < -0.4 is 9.64 Å². The van der Waals surface area contributed by atoms with Crippen molar-refractivity contribution >= 4 is 40.2 Å². The lowest BCUT2D eigenvalue weighted by Gasteiger charge is -2.35. The first kappa shape index (κ1) is 22.9. The molecule has 0 atom stereocenters. The second kappa shape index (κ2) is 10.6. The van der Waals surface area contributed by atoms with Crippen LogP contribution in [-0.2, 0) is 0 Å². The first-order chi connectivity index (χ1) is 17.2. The second-order valence-electron chi connectivity index (χ2n) is 8.24. The fourth-order valence-corrected chi connectivity index (χ4v) is 5.02. The third kappa shape index (κ3) is 5.46. The Bertz CT molecular complexity index is 1320. The molecule has 1 aliphatic rings. The molecular formula is C28H25N3O3S. The number of benzene rings is 3. The minimum absolute atomic E-state index is 0.0934. The van der Waals surface area contributed by atoms with Crippen LogP contribution in [0.5, 0.6) is 5.75 Å². The SMILES string of the molecule is O=C(CSc1ccnc2ccccc12)c1ccc(N2CCN(C(=O)Oc3ccccc3)CC2)cc1. The zero-order valence-corrected chi connectivity index (χ0v) is 20.0. The van der Waals surface area contributed by atoms with Crippen molar-refractivity contribution in [3.05, 3.63) is 96.7 Å². The van der Waals surface area contributed by atoms with Crippen molar-refractivity contribution in [1.29, 1.82) is 0 Å². The van der Waals surface area contributed by atoms with E-state index in [0.717, 1.165) is 21.5 Å². The number of ketones is 1. The van der Waals surface area contributed by atoms with Crippen LogP contribution in [0.2, 0.25) is 0 Å². The Morgan fingerprint density at radius 2 is 1.54 bits per heavy atom. The number of carbonyl (C=O) groups excluding carboxylic acids is 2. The van der Waals surface area contributed by atoms with Gasteiger partial charge in [0.05, 0.1) is 11.3 Å². The van der Waals surface area contributed by atoms with Gasteiger partial charge in [-0.25, -0.2) is 4.79 Å². The molecule has 0 radical (unpaired) electrons. The number of rotatable bonds is 6. The zero-order valence-electron chi connectivity index (χ0n) is 19.2. The van der Waals surface area contributed by atoms with E-state index >= 15 is 0 Å². The Hall–Kier alpha value is -3.84. The molecule has 2 heterocycles. The molecule has 0 bridgehead atoms. The van der Waals surface area contributed by atoms with E-state index in [1.807, 2.05) is 72.8 Å². The van der Waals surface area contributed by atoms with Gasteiger partial charge in [-0.15, -0.1) is 11.8 Å². The lowest BCUT2D eigenvalue weighted by molar-refractivity contribution is 0.102. The number of thioether (sulfide) groups is 1. The minimum atomic E-state index is -0.323. The summed E-state index contributed by atoms with van der Waals surface area (Å²) in [6.07, 6.45) is 1.46. The van der Waals surface area contributed by atoms with Gasteiger partial charge in [0.15, 0.2) is 5.78 Å². The van der Waals surface area contributed by atoms with E-state index in [4.69, 9.17) is 4.74 Å². The van der Waals surface area contributed by atoms with Gasteiger partial charge in [-0.3, -0.25) is 9.78 Å². The first-order valence-corrected chi connectivity index (χ1v) is 12.5. The van der Waals surface area contributed by atoms with E-state index in [-0.39, 0.29) is 11.9 Å². The third-order valence-electron chi connectivity index (χ3n) is 6.01. The van der Waals surface area contributed by atoms with Crippen LogP contribution in [0.25, 0.3) is 10.9 Å². The fourth-order valence-electron chi connectivity index (χ4n) is 4.08. The smallest absolute Gasteiger partial charge is 0.410 e. The van der Waals surface area contributed by atoms with Gasteiger partial charge in [0.2, 0.25) is 0 Å². The first-order valence-electron chi connectivity index (χ1n) is 11.5. The van der Waals surface area contributed by atoms with Crippen molar-refractivity contribution in [3.8, 4) is 5.75 Å². The highest BCUT2D eigenvalue weighted by molar-refractivity contribution is 8.00. The number of Topliss-reactive ketones (excluding diaryl/α,β-unsaturated/α-hetero) is 1. The maximum atomic E-state index is 12.8. The number of para-hydroxylation sites is 2. The number of ether oxygens (including phenoxy) is 1. The number of hydrogen-bond donors (Lipinski definition) is 0. The summed E-state index contributed by atoms with van der Waals surface area (Å²) in [5, 5.41) is 1.06. The van der Waals surface area contributed by atoms with E-state index in [0.29, 0.717) is 43.2 Å². The summed E-state index contributed by atoms with van der Waals surface area (Å²) in [7, 11) is 0. The Balaban J connectivity index is 1.14. The van der Waals surface area contributed by atoms with E-state index < -0.39 is 0 Å². The van der Waals surface area contributed by atoms with Crippen LogP contribution >= 0.6 is 11.8 Å². The van der Waals surface area contributed by atoms with Gasteiger partial charge < -0.3 is 14.5 Å². The van der Waals surface area contributed by atoms with Gasteiger partial charge in [-0.05, 0) is 48.5 Å². The molecule has 0 unspecified atom stereocenters. The Morgan fingerprint density at radius 1 is 0.829 bits per heavy atom. The van der Waals surface area contributed by atoms with Gasteiger partial charge in [0.1, 0.15) is 5.75 Å². The normalized spacial score (nSPS) is 13.6. The van der Waals surface area contributed by atoms with Crippen molar-refractivity contribution in [2.75, 3.05) is 36.8 Å². The van der Waals surface area contributed by atoms with E-state index in [1.165, 1.54) is 11.8 Å². The molecule has 1 saturated heterocycles. The Kier molecular flexibility index (Phi) is 6.95. The molecule has 6 nitrogen and oxygen atoms in total. The summed E-state index contributed by atoms with van der Waals surface area (Å²) in [6.45, 7) is 2.59. The maximum absolute atomic E-state index is 12.8. The lowest BCUT2D eigenvalue weighted by atomic mass is 10.1. The number of anilines is 1. The highest BCUT2D eigenvalue weighted by Gasteiger charge is 2.23. The van der Waals surface area contributed by atoms with Gasteiger partial charge in [0, 0.05) is 53.9 Å². The maximum Gasteiger partial charge on any atom is 0.415 e. The topological polar surface area (TPSA) is 62.7 Å². The van der Waals surface area contributed by atoms with Crippen LogP contribution in [0, 0.1) is 0 Å². The van der Waals surface area contributed by atoms with Crippen LogP contribution in [0.15, 0.2) is 96.0 Å². The molecule has 1 fully saturated rings. The van der Waals surface area contributed by atoms with Crippen LogP contribution in [0.3, 0.4) is 0 Å². The number of aromatic nitrogens is 1.